The molecule has 6 heteroatoms. The molecule has 1 aliphatic rings. The van der Waals surface area contributed by atoms with Gasteiger partial charge in [-0.25, -0.2) is 0 Å². The Morgan fingerprint density at radius 1 is 1.11 bits per heavy atom. The highest BCUT2D eigenvalue weighted by atomic mass is 16.5. The van der Waals surface area contributed by atoms with Crippen molar-refractivity contribution >= 4 is 17.3 Å². The number of piperazine rings is 1. The summed E-state index contributed by atoms with van der Waals surface area (Å²) < 4.78 is 5.22. The fourth-order valence-electron chi connectivity index (χ4n) is 3.39. The summed E-state index contributed by atoms with van der Waals surface area (Å²) in [4.78, 5) is 21.3. The van der Waals surface area contributed by atoms with Crippen molar-refractivity contribution in [1.82, 2.24) is 9.88 Å². The van der Waals surface area contributed by atoms with Crippen molar-refractivity contribution in [3.8, 4) is 5.75 Å². The molecule has 0 saturated carbocycles. The number of pyridine rings is 1. The topological polar surface area (TPSA) is 57.7 Å². The number of amides is 1. The standard InChI is InChI=1S/C22H30N4O2/c1-3-4-5-11-23-18-10-12-24-21(17-18)22(27)26-15-13-25(14-16-26)19-6-8-20(28-2)9-7-19/h6-10,12,17H,3-5,11,13-16H2,1-2H3,(H,23,24). The van der Waals surface area contributed by atoms with E-state index in [4.69, 9.17) is 4.74 Å². The molecule has 1 aromatic heterocycles. The molecule has 1 saturated heterocycles. The maximum absolute atomic E-state index is 12.9. The van der Waals surface area contributed by atoms with E-state index in [1.165, 1.54) is 12.8 Å². The molecule has 28 heavy (non-hydrogen) atoms. The smallest absolute Gasteiger partial charge is 0.272 e. The van der Waals surface area contributed by atoms with Crippen LogP contribution >= 0.6 is 0 Å². The number of nitrogens with one attached hydrogen (secondary N) is 1. The van der Waals surface area contributed by atoms with Crippen molar-refractivity contribution in [2.75, 3.05) is 50.1 Å². The Kier molecular flexibility index (Phi) is 7.12. The number of carbonyl (C=O) groups is 1. The van der Waals surface area contributed by atoms with Gasteiger partial charge in [0.1, 0.15) is 11.4 Å². The number of nitrogens with zero attached hydrogens (tertiary/aromatic N) is 3. The van der Waals surface area contributed by atoms with Gasteiger partial charge in [0.05, 0.1) is 7.11 Å². The summed E-state index contributed by atoms with van der Waals surface area (Å²) in [5.74, 6) is 0.860. The normalized spacial score (nSPS) is 14.1. The number of benzene rings is 1. The van der Waals surface area contributed by atoms with Crippen LogP contribution in [0, 0.1) is 0 Å². The first-order valence-corrected chi connectivity index (χ1v) is 10.1. The quantitative estimate of drug-likeness (QED) is 0.706. The minimum Gasteiger partial charge on any atom is -0.497 e. The van der Waals surface area contributed by atoms with E-state index >= 15 is 0 Å². The van der Waals surface area contributed by atoms with Crippen molar-refractivity contribution in [2.24, 2.45) is 0 Å². The Balaban J connectivity index is 1.54. The Labute approximate surface area is 167 Å². The van der Waals surface area contributed by atoms with Crippen LogP contribution in [0.2, 0.25) is 0 Å². The van der Waals surface area contributed by atoms with Crippen molar-refractivity contribution < 1.29 is 9.53 Å². The van der Waals surface area contributed by atoms with Crippen molar-refractivity contribution in [3.05, 3.63) is 48.3 Å². The second-order valence-corrected chi connectivity index (χ2v) is 7.04. The molecule has 3 rings (SSSR count). The predicted molar refractivity (Wildman–Crippen MR) is 113 cm³/mol. The Hall–Kier alpha value is -2.76. The molecule has 0 bridgehead atoms. The molecule has 0 atom stereocenters. The first kappa shape index (κ1) is 20.0. The molecule has 1 aliphatic heterocycles. The summed E-state index contributed by atoms with van der Waals surface area (Å²) in [5, 5.41) is 3.39. The number of rotatable bonds is 8. The maximum atomic E-state index is 12.9. The summed E-state index contributed by atoms with van der Waals surface area (Å²) in [6.45, 7) is 6.13. The number of carbonyl (C=O) groups excluding carboxylic acids is 1. The lowest BCUT2D eigenvalue weighted by Gasteiger charge is -2.36. The average Bonchev–Trinajstić information content (AvgIpc) is 2.77. The van der Waals surface area contributed by atoms with Gasteiger partial charge in [0, 0.05) is 50.3 Å². The van der Waals surface area contributed by atoms with Gasteiger partial charge in [0.15, 0.2) is 0 Å². The van der Waals surface area contributed by atoms with E-state index in [0.717, 1.165) is 43.2 Å². The number of unbranched alkanes of at least 4 members (excludes halogenated alkanes) is 2. The van der Waals surface area contributed by atoms with E-state index in [0.29, 0.717) is 18.8 Å². The van der Waals surface area contributed by atoms with Crippen LogP contribution in [0.4, 0.5) is 11.4 Å². The largest absolute Gasteiger partial charge is 0.497 e. The highest BCUT2D eigenvalue weighted by molar-refractivity contribution is 5.93. The maximum Gasteiger partial charge on any atom is 0.272 e. The number of anilines is 2. The van der Waals surface area contributed by atoms with Gasteiger partial charge in [0.25, 0.3) is 5.91 Å². The number of hydrogen-bond donors (Lipinski definition) is 1. The third kappa shape index (κ3) is 5.15. The lowest BCUT2D eigenvalue weighted by molar-refractivity contribution is 0.0741. The average molecular weight is 383 g/mol. The zero-order valence-corrected chi connectivity index (χ0v) is 16.9. The van der Waals surface area contributed by atoms with E-state index in [-0.39, 0.29) is 5.91 Å². The van der Waals surface area contributed by atoms with Gasteiger partial charge >= 0.3 is 0 Å². The van der Waals surface area contributed by atoms with Crippen LogP contribution in [0.3, 0.4) is 0 Å². The van der Waals surface area contributed by atoms with Gasteiger partial charge in [-0.2, -0.15) is 0 Å². The van der Waals surface area contributed by atoms with Crippen molar-refractivity contribution in [1.29, 1.82) is 0 Å². The molecule has 0 radical (unpaired) electrons. The molecule has 1 aromatic carbocycles. The summed E-state index contributed by atoms with van der Waals surface area (Å²) in [5.41, 5.74) is 2.63. The van der Waals surface area contributed by atoms with Gasteiger partial charge in [-0.1, -0.05) is 19.8 Å². The Bertz CT molecular complexity index is 755. The summed E-state index contributed by atoms with van der Waals surface area (Å²) in [6.07, 6.45) is 5.25. The van der Waals surface area contributed by atoms with Crippen LogP contribution in [-0.4, -0.2) is 55.6 Å². The summed E-state index contributed by atoms with van der Waals surface area (Å²) in [6, 6.07) is 11.8. The van der Waals surface area contributed by atoms with E-state index in [1.54, 1.807) is 13.3 Å². The first-order valence-electron chi connectivity index (χ1n) is 10.1. The second-order valence-electron chi connectivity index (χ2n) is 7.04. The van der Waals surface area contributed by atoms with Gasteiger partial charge in [-0.05, 0) is 42.8 Å². The minimum absolute atomic E-state index is 0.00610. The Morgan fingerprint density at radius 3 is 2.54 bits per heavy atom. The van der Waals surface area contributed by atoms with Crippen molar-refractivity contribution in [3.63, 3.8) is 0 Å². The highest BCUT2D eigenvalue weighted by Crippen LogP contribution is 2.21. The fraction of sp³-hybridized carbons (Fsp3) is 0.455. The number of aromatic nitrogens is 1. The summed E-state index contributed by atoms with van der Waals surface area (Å²) >= 11 is 0. The molecule has 1 amide bonds. The molecule has 150 valence electrons. The SMILES string of the molecule is CCCCCNc1ccnc(C(=O)N2CCN(c3ccc(OC)cc3)CC2)c1. The molecule has 2 heterocycles. The first-order chi connectivity index (χ1) is 13.7. The lowest BCUT2D eigenvalue weighted by Crippen LogP contribution is -2.49. The molecule has 0 unspecified atom stereocenters. The second kappa shape index (κ2) is 9.97. The zero-order chi connectivity index (χ0) is 19.8. The molecular formula is C22H30N4O2. The third-order valence-corrected chi connectivity index (χ3v) is 5.09. The molecule has 6 nitrogen and oxygen atoms in total. The summed E-state index contributed by atoms with van der Waals surface area (Å²) in [7, 11) is 1.67. The van der Waals surface area contributed by atoms with Crippen LogP contribution in [0.25, 0.3) is 0 Å². The number of ether oxygens (including phenoxy) is 1. The lowest BCUT2D eigenvalue weighted by atomic mass is 10.2. The van der Waals surface area contributed by atoms with Crippen LogP contribution < -0.4 is 15.0 Å². The zero-order valence-electron chi connectivity index (χ0n) is 16.9. The van der Waals surface area contributed by atoms with Crippen LogP contribution in [0.1, 0.15) is 36.7 Å². The monoisotopic (exact) mass is 382 g/mol. The fourth-order valence-corrected chi connectivity index (χ4v) is 3.39. The van der Waals surface area contributed by atoms with Gasteiger partial charge in [-0.15, -0.1) is 0 Å². The van der Waals surface area contributed by atoms with Crippen molar-refractivity contribution in [2.45, 2.75) is 26.2 Å². The van der Waals surface area contributed by atoms with E-state index in [2.05, 4.69) is 34.3 Å². The van der Waals surface area contributed by atoms with Gasteiger partial charge < -0.3 is 19.9 Å². The molecule has 1 fully saturated rings. The van der Waals surface area contributed by atoms with Gasteiger partial charge in [0.2, 0.25) is 0 Å². The van der Waals surface area contributed by atoms with Gasteiger partial charge in [-0.3, -0.25) is 9.78 Å². The molecule has 0 aliphatic carbocycles. The van der Waals surface area contributed by atoms with E-state index in [1.807, 2.05) is 29.2 Å². The molecular weight excluding hydrogens is 352 g/mol. The number of methoxy groups -OCH3 is 1. The Morgan fingerprint density at radius 2 is 1.86 bits per heavy atom. The minimum atomic E-state index is 0.00610. The molecule has 0 spiro atoms. The van der Waals surface area contributed by atoms with Crippen LogP contribution in [0.15, 0.2) is 42.6 Å². The van der Waals surface area contributed by atoms with Crippen LogP contribution in [-0.2, 0) is 0 Å². The predicted octanol–water partition coefficient (Wildman–Crippen LogP) is 3.65. The third-order valence-electron chi connectivity index (χ3n) is 5.09. The highest BCUT2D eigenvalue weighted by Gasteiger charge is 2.23. The van der Waals surface area contributed by atoms with E-state index < -0.39 is 0 Å². The molecule has 1 N–H and O–H groups in total. The van der Waals surface area contributed by atoms with Crippen LogP contribution in [0.5, 0.6) is 5.75 Å². The molecule has 2 aromatic rings. The number of hydrogen-bond acceptors (Lipinski definition) is 5. The van der Waals surface area contributed by atoms with E-state index in [9.17, 15) is 4.79 Å².